The first-order chi connectivity index (χ1) is 12.1. The maximum Gasteiger partial charge on any atom is 0.345 e. The van der Waals surface area contributed by atoms with Crippen molar-refractivity contribution in [2.75, 3.05) is 6.61 Å². The quantitative estimate of drug-likeness (QED) is 0.220. The van der Waals surface area contributed by atoms with Gasteiger partial charge >= 0.3 is 5.97 Å². The zero-order chi connectivity index (χ0) is 18.1. The molecule has 134 valence electrons. The Bertz CT molecular complexity index is 641. The number of rotatable bonds is 9. The van der Waals surface area contributed by atoms with Crippen LogP contribution >= 0.6 is 11.6 Å². The largest absolute Gasteiger partial charge is 0.511 e. The highest BCUT2D eigenvalue weighted by Gasteiger charge is 2.31. The van der Waals surface area contributed by atoms with Crippen molar-refractivity contribution in [2.45, 2.75) is 44.9 Å². The number of esters is 1. The van der Waals surface area contributed by atoms with Crippen LogP contribution in [0.2, 0.25) is 5.02 Å². The fourth-order valence-corrected chi connectivity index (χ4v) is 2.80. The SMILES string of the molecule is O=C1COC(=O)C1=C(O)CCCCCCC/C=C\c1ccc(Cl)cc1. The molecule has 1 heterocycles. The van der Waals surface area contributed by atoms with E-state index < -0.39 is 11.8 Å². The van der Waals surface area contributed by atoms with E-state index in [1.807, 2.05) is 24.3 Å². The second-order valence-electron chi connectivity index (χ2n) is 6.08. The predicted octanol–water partition coefficient (Wildman–Crippen LogP) is 5.02. The molecule has 2 rings (SSSR count). The van der Waals surface area contributed by atoms with E-state index in [0.29, 0.717) is 6.42 Å². The molecule has 1 aromatic rings. The molecular formula is C20H23ClO4. The zero-order valence-electron chi connectivity index (χ0n) is 14.2. The highest BCUT2D eigenvalue weighted by atomic mass is 35.5. The average molecular weight is 363 g/mol. The molecule has 0 aromatic heterocycles. The Balaban J connectivity index is 1.55. The molecule has 0 atom stereocenters. The number of allylic oxidation sites excluding steroid dienone is 2. The van der Waals surface area contributed by atoms with Gasteiger partial charge in [-0.2, -0.15) is 0 Å². The maximum absolute atomic E-state index is 11.4. The molecular weight excluding hydrogens is 340 g/mol. The first-order valence-corrected chi connectivity index (χ1v) is 9.00. The van der Waals surface area contributed by atoms with Crippen molar-refractivity contribution in [2.24, 2.45) is 0 Å². The van der Waals surface area contributed by atoms with Crippen molar-refractivity contribution in [1.82, 2.24) is 0 Å². The van der Waals surface area contributed by atoms with Crippen molar-refractivity contribution >= 4 is 29.4 Å². The number of hydrogen-bond acceptors (Lipinski definition) is 4. The number of aliphatic hydroxyl groups excluding tert-OH is 1. The number of halogens is 1. The van der Waals surface area contributed by atoms with Gasteiger partial charge in [0.05, 0.1) is 0 Å². The number of carbonyl (C=O) groups is 2. The van der Waals surface area contributed by atoms with Crippen molar-refractivity contribution in [3.05, 3.63) is 52.3 Å². The Morgan fingerprint density at radius 1 is 1.08 bits per heavy atom. The highest BCUT2D eigenvalue weighted by molar-refractivity contribution is 6.30. The van der Waals surface area contributed by atoms with Crippen LogP contribution < -0.4 is 0 Å². The van der Waals surface area contributed by atoms with Crippen LogP contribution in [0.1, 0.15) is 50.5 Å². The lowest BCUT2D eigenvalue weighted by Gasteiger charge is -2.02. The predicted molar refractivity (Wildman–Crippen MR) is 98.4 cm³/mol. The number of Topliss-reactive ketones (excluding diaryl/α,β-unsaturated/α-hetero) is 1. The fraction of sp³-hybridized carbons (Fsp3) is 0.400. The molecule has 0 aliphatic carbocycles. The van der Waals surface area contributed by atoms with Crippen molar-refractivity contribution in [3.63, 3.8) is 0 Å². The number of unbranched alkanes of at least 4 members (excludes halogenated alkanes) is 5. The van der Waals surface area contributed by atoms with E-state index in [4.69, 9.17) is 11.6 Å². The number of hydrogen-bond donors (Lipinski definition) is 1. The summed E-state index contributed by atoms with van der Waals surface area (Å²) in [6, 6.07) is 7.74. The minimum Gasteiger partial charge on any atom is -0.511 e. The highest BCUT2D eigenvalue weighted by Crippen LogP contribution is 2.18. The second kappa shape index (κ2) is 10.0. The second-order valence-corrected chi connectivity index (χ2v) is 6.52. The van der Waals surface area contributed by atoms with Crippen molar-refractivity contribution in [1.29, 1.82) is 0 Å². The number of carbonyl (C=O) groups excluding carboxylic acids is 2. The summed E-state index contributed by atoms with van der Waals surface area (Å²) in [5.41, 5.74) is 0.986. The maximum atomic E-state index is 11.4. The van der Waals surface area contributed by atoms with Crippen LogP contribution in [0.3, 0.4) is 0 Å². The molecule has 5 heteroatoms. The van der Waals surface area contributed by atoms with Crippen LogP contribution in [0.15, 0.2) is 41.7 Å². The van der Waals surface area contributed by atoms with Crippen LogP contribution in [-0.4, -0.2) is 23.5 Å². The zero-order valence-corrected chi connectivity index (χ0v) is 14.9. The molecule has 0 amide bonds. The first kappa shape index (κ1) is 19.3. The van der Waals surface area contributed by atoms with Gasteiger partial charge in [0.1, 0.15) is 11.3 Å². The number of cyclic esters (lactones) is 1. The topological polar surface area (TPSA) is 63.6 Å². The molecule has 0 saturated carbocycles. The molecule has 1 fully saturated rings. The van der Waals surface area contributed by atoms with Crippen LogP contribution in [0, 0.1) is 0 Å². The Morgan fingerprint density at radius 2 is 1.76 bits per heavy atom. The van der Waals surface area contributed by atoms with Gasteiger partial charge < -0.3 is 9.84 Å². The monoisotopic (exact) mass is 362 g/mol. The van der Waals surface area contributed by atoms with E-state index in [0.717, 1.165) is 49.1 Å². The van der Waals surface area contributed by atoms with Gasteiger partial charge in [-0.15, -0.1) is 0 Å². The summed E-state index contributed by atoms with van der Waals surface area (Å²) in [7, 11) is 0. The molecule has 4 nitrogen and oxygen atoms in total. The Hall–Kier alpha value is -2.07. The van der Waals surface area contributed by atoms with Crippen molar-refractivity contribution < 1.29 is 19.4 Å². The normalized spacial score (nSPS) is 16.5. The molecule has 0 bridgehead atoms. The molecule has 1 aliphatic heterocycles. The third-order valence-corrected chi connectivity index (χ3v) is 4.32. The average Bonchev–Trinajstić information content (AvgIpc) is 2.93. The summed E-state index contributed by atoms with van der Waals surface area (Å²) in [6.45, 7) is -0.248. The standard InChI is InChI=1S/C20H23ClO4/c21-16-12-10-15(11-13-16)8-6-4-2-1-3-5-7-9-17(22)19-18(23)14-25-20(19)24/h6,8,10-13,22H,1-5,7,9,14H2/b8-6-,19-17?. The van der Waals surface area contributed by atoms with E-state index in [9.17, 15) is 14.7 Å². The van der Waals surface area contributed by atoms with Gasteiger partial charge in [0, 0.05) is 11.4 Å². The summed E-state index contributed by atoms with van der Waals surface area (Å²) in [5, 5.41) is 10.6. The summed E-state index contributed by atoms with van der Waals surface area (Å²) in [5.74, 6) is -1.25. The molecule has 1 aliphatic rings. The van der Waals surface area contributed by atoms with E-state index in [-0.39, 0.29) is 17.9 Å². The van der Waals surface area contributed by atoms with Crippen LogP contribution in [-0.2, 0) is 14.3 Å². The minimum atomic E-state index is -0.699. The smallest absolute Gasteiger partial charge is 0.345 e. The molecule has 0 radical (unpaired) electrons. The lowest BCUT2D eigenvalue weighted by molar-refractivity contribution is -0.135. The van der Waals surface area contributed by atoms with E-state index in [1.54, 1.807) is 0 Å². The summed E-state index contributed by atoms with van der Waals surface area (Å²) >= 11 is 5.84. The van der Waals surface area contributed by atoms with Gasteiger partial charge in [-0.1, -0.05) is 55.1 Å². The molecule has 25 heavy (non-hydrogen) atoms. The lowest BCUT2D eigenvalue weighted by atomic mass is 10.1. The van der Waals surface area contributed by atoms with E-state index in [1.165, 1.54) is 0 Å². The molecule has 0 unspecified atom stereocenters. The van der Waals surface area contributed by atoms with Crippen LogP contribution in [0.25, 0.3) is 6.08 Å². The Kier molecular flexibility index (Phi) is 7.74. The number of aliphatic hydroxyl groups is 1. The molecule has 1 aromatic carbocycles. The van der Waals surface area contributed by atoms with E-state index in [2.05, 4.69) is 16.9 Å². The fourth-order valence-electron chi connectivity index (χ4n) is 2.67. The summed E-state index contributed by atoms with van der Waals surface area (Å²) in [4.78, 5) is 22.7. The van der Waals surface area contributed by atoms with Gasteiger partial charge in [-0.05, 0) is 37.0 Å². The van der Waals surface area contributed by atoms with Crippen molar-refractivity contribution in [3.8, 4) is 0 Å². The number of ether oxygens (including phenoxy) is 1. The Labute approximate surface area is 153 Å². The molecule has 0 spiro atoms. The Morgan fingerprint density at radius 3 is 2.44 bits per heavy atom. The number of benzene rings is 1. The van der Waals surface area contributed by atoms with Gasteiger partial charge in [-0.25, -0.2) is 4.79 Å². The minimum absolute atomic E-state index is 0.126. The third-order valence-electron chi connectivity index (χ3n) is 4.07. The van der Waals surface area contributed by atoms with Gasteiger partial charge in [0.15, 0.2) is 6.61 Å². The molecule has 1 saturated heterocycles. The van der Waals surface area contributed by atoms with E-state index >= 15 is 0 Å². The third kappa shape index (κ3) is 6.39. The summed E-state index contributed by atoms with van der Waals surface area (Å²) in [6.07, 6.45) is 10.7. The molecule has 1 N–H and O–H groups in total. The lowest BCUT2D eigenvalue weighted by Crippen LogP contribution is -2.05. The first-order valence-electron chi connectivity index (χ1n) is 8.62. The summed E-state index contributed by atoms with van der Waals surface area (Å²) < 4.78 is 4.60. The van der Waals surface area contributed by atoms with Gasteiger partial charge in [0.25, 0.3) is 0 Å². The van der Waals surface area contributed by atoms with Gasteiger partial charge in [-0.3, -0.25) is 4.79 Å². The number of ketones is 1. The van der Waals surface area contributed by atoms with Crippen LogP contribution in [0.4, 0.5) is 0 Å². The van der Waals surface area contributed by atoms with Gasteiger partial charge in [0.2, 0.25) is 5.78 Å². The van der Waals surface area contributed by atoms with Crippen LogP contribution in [0.5, 0.6) is 0 Å².